The Morgan fingerprint density at radius 1 is 0.900 bits per heavy atom. The highest BCUT2D eigenvalue weighted by Gasteiger charge is 2.16. The number of benzene rings is 2. The van der Waals surface area contributed by atoms with Crippen LogP contribution in [0.15, 0.2) is 36.4 Å². The number of rotatable bonds is 4. The smallest absolute Gasteiger partial charge is 0.0839 e. The van der Waals surface area contributed by atoms with Crippen molar-refractivity contribution in [1.82, 2.24) is 0 Å². The Labute approximate surface area is 135 Å². The lowest BCUT2D eigenvalue weighted by atomic mass is 9.95. The van der Waals surface area contributed by atoms with Gasteiger partial charge in [-0.25, -0.2) is 0 Å². The summed E-state index contributed by atoms with van der Waals surface area (Å²) < 4.78 is 0. The number of aryl methyl sites for hydroxylation is 2. The molecule has 0 aromatic heterocycles. The molecule has 0 spiro atoms. The second-order valence-electron chi connectivity index (χ2n) is 4.81. The van der Waals surface area contributed by atoms with Crippen LogP contribution in [0.1, 0.15) is 41.5 Å². The number of halogens is 3. The lowest BCUT2D eigenvalue weighted by molar-refractivity contribution is 1.02. The number of hydrogen-bond acceptors (Lipinski definition) is 0. The Hall–Kier alpha value is -0.690. The Balaban J connectivity index is 2.48. The molecule has 0 heterocycles. The minimum absolute atomic E-state index is 0.229. The van der Waals surface area contributed by atoms with Crippen LogP contribution >= 0.6 is 34.8 Å². The van der Waals surface area contributed by atoms with Gasteiger partial charge >= 0.3 is 0 Å². The van der Waals surface area contributed by atoms with E-state index in [4.69, 9.17) is 34.8 Å². The normalized spacial score (nSPS) is 12.4. The van der Waals surface area contributed by atoms with Crippen LogP contribution in [0.25, 0.3) is 0 Å². The molecule has 0 aliphatic carbocycles. The second kappa shape index (κ2) is 6.85. The van der Waals surface area contributed by atoms with Crippen molar-refractivity contribution >= 4 is 34.8 Å². The van der Waals surface area contributed by atoms with Crippen molar-refractivity contribution in [2.75, 3.05) is 0 Å². The Morgan fingerprint density at radius 3 is 2.10 bits per heavy atom. The first kappa shape index (κ1) is 15.7. The molecule has 0 saturated heterocycles. The van der Waals surface area contributed by atoms with Crippen molar-refractivity contribution in [2.24, 2.45) is 0 Å². The molecule has 1 unspecified atom stereocenters. The summed E-state index contributed by atoms with van der Waals surface area (Å²) >= 11 is 18.8. The lowest BCUT2D eigenvalue weighted by Gasteiger charge is -2.16. The minimum Gasteiger partial charge on any atom is -0.113 e. The Morgan fingerprint density at radius 2 is 1.55 bits per heavy atom. The molecule has 106 valence electrons. The third-order valence-electron chi connectivity index (χ3n) is 3.45. The van der Waals surface area contributed by atoms with Crippen molar-refractivity contribution in [2.45, 2.75) is 32.1 Å². The first-order valence-electron chi connectivity index (χ1n) is 6.76. The van der Waals surface area contributed by atoms with Crippen molar-refractivity contribution < 1.29 is 0 Å². The highest BCUT2D eigenvalue weighted by Crippen LogP contribution is 2.35. The largest absolute Gasteiger partial charge is 0.113 e. The summed E-state index contributed by atoms with van der Waals surface area (Å²) in [5, 5.41) is 0.998. The topological polar surface area (TPSA) is 0 Å². The predicted octanol–water partition coefficient (Wildman–Crippen LogP) is 6.45. The van der Waals surface area contributed by atoms with E-state index in [-0.39, 0.29) is 5.38 Å². The van der Waals surface area contributed by atoms with Crippen LogP contribution in [0.2, 0.25) is 10.0 Å². The molecule has 3 heteroatoms. The quantitative estimate of drug-likeness (QED) is 0.566. The van der Waals surface area contributed by atoms with Gasteiger partial charge in [0.1, 0.15) is 0 Å². The van der Waals surface area contributed by atoms with Crippen molar-refractivity contribution in [3.05, 3.63) is 68.7 Å². The molecule has 0 bridgehead atoms. The van der Waals surface area contributed by atoms with Crippen LogP contribution in [0, 0.1) is 0 Å². The van der Waals surface area contributed by atoms with Crippen LogP contribution in [0.4, 0.5) is 0 Å². The fourth-order valence-electron chi connectivity index (χ4n) is 2.32. The van der Waals surface area contributed by atoms with Crippen LogP contribution in [0.5, 0.6) is 0 Å². The number of alkyl halides is 1. The molecule has 0 saturated carbocycles. The van der Waals surface area contributed by atoms with Crippen LogP contribution in [-0.2, 0) is 12.8 Å². The van der Waals surface area contributed by atoms with Crippen molar-refractivity contribution in [3.8, 4) is 0 Å². The van der Waals surface area contributed by atoms with Gasteiger partial charge < -0.3 is 0 Å². The Kier molecular flexibility index (Phi) is 5.37. The minimum atomic E-state index is -0.229. The second-order valence-corrected chi connectivity index (χ2v) is 6.11. The number of hydrogen-bond donors (Lipinski definition) is 0. The van der Waals surface area contributed by atoms with E-state index in [1.54, 1.807) is 6.07 Å². The van der Waals surface area contributed by atoms with E-state index in [0.29, 0.717) is 10.0 Å². The van der Waals surface area contributed by atoms with Gasteiger partial charge in [0.25, 0.3) is 0 Å². The maximum atomic E-state index is 6.67. The summed E-state index contributed by atoms with van der Waals surface area (Å²) in [6.45, 7) is 4.28. The summed E-state index contributed by atoms with van der Waals surface area (Å²) in [5.74, 6) is 0. The van der Waals surface area contributed by atoms with E-state index in [2.05, 4.69) is 32.0 Å². The fourth-order valence-corrected chi connectivity index (χ4v) is 3.20. The molecule has 0 amide bonds. The highest BCUT2D eigenvalue weighted by molar-refractivity contribution is 6.35. The van der Waals surface area contributed by atoms with Gasteiger partial charge in [-0.1, -0.05) is 55.2 Å². The molecular weight excluding hydrogens is 311 g/mol. The van der Waals surface area contributed by atoms with Gasteiger partial charge in [-0.05, 0) is 53.3 Å². The van der Waals surface area contributed by atoms with Crippen molar-refractivity contribution in [1.29, 1.82) is 0 Å². The fraction of sp³-hybridized carbons (Fsp3) is 0.294. The summed E-state index contributed by atoms with van der Waals surface area (Å²) in [5.41, 5.74) is 4.63. The van der Waals surface area contributed by atoms with Crippen LogP contribution in [-0.4, -0.2) is 0 Å². The zero-order chi connectivity index (χ0) is 14.7. The van der Waals surface area contributed by atoms with Crippen LogP contribution < -0.4 is 0 Å². The molecule has 2 aromatic rings. The van der Waals surface area contributed by atoms with Crippen LogP contribution in [0.3, 0.4) is 0 Å². The average Bonchev–Trinajstić information content (AvgIpc) is 2.44. The van der Waals surface area contributed by atoms with E-state index in [1.165, 1.54) is 11.1 Å². The molecule has 0 radical (unpaired) electrons. The third-order valence-corrected chi connectivity index (χ3v) is 4.37. The van der Waals surface area contributed by atoms with Gasteiger partial charge in [-0.15, -0.1) is 11.6 Å². The van der Waals surface area contributed by atoms with Gasteiger partial charge in [0.05, 0.1) is 5.38 Å². The molecule has 0 N–H and O–H groups in total. The molecule has 2 rings (SSSR count). The van der Waals surface area contributed by atoms with Gasteiger partial charge in [-0.3, -0.25) is 0 Å². The van der Waals surface area contributed by atoms with E-state index < -0.39 is 0 Å². The predicted molar refractivity (Wildman–Crippen MR) is 89.4 cm³/mol. The highest BCUT2D eigenvalue weighted by atomic mass is 35.5. The first-order valence-corrected chi connectivity index (χ1v) is 7.96. The SMILES string of the molecule is CCc1ccc(CC)c(C(Cl)c2cc(Cl)cc(Cl)c2)c1. The van der Waals surface area contributed by atoms with E-state index in [0.717, 1.165) is 24.0 Å². The molecule has 0 fully saturated rings. The zero-order valence-corrected chi connectivity index (χ0v) is 13.9. The molecule has 20 heavy (non-hydrogen) atoms. The summed E-state index contributed by atoms with van der Waals surface area (Å²) in [6, 6.07) is 12.0. The summed E-state index contributed by atoms with van der Waals surface area (Å²) in [4.78, 5) is 0. The lowest BCUT2D eigenvalue weighted by Crippen LogP contribution is -2.00. The molecule has 0 aliphatic rings. The molecule has 1 atom stereocenters. The summed E-state index contributed by atoms with van der Waals surface area (Å²) in [7, 11) is 0. The maximum absolute atomic E-state index is 6.67. The van der Waals surface area contributed by atoms with Gasteiger partial charge in [0.2, 0.25) is 0 Å². The third kappa shape index (κ3) is 3.49. The van der Waals surface area contributed by atoms with Gasteiger partial charge in [-0.2, -0.15) is 0 Å². The zero-order valence-electron chi connectivity index (χ0n) is 11.6. The van der Waals surface area contributed by atoms with Gasteiger partial charge in [0, 0.05) is 10.0 Å². The molecule has 2 aromatic carbocycles. The van der Waals surface area contributed by atoms with E-state index >= 15 is 0 Å². The van der Waals surface area contributed by atoms with Crippen molar-refractivity contribution in [3.63, 3.8) is 0 Å². The van der Waals surface area contributed by atoms with E-state index in [9.17, 15) is 0 Å². The molecule has 0 aliphatic heterocycles. The molecule has 0 nitrogen and oxygen atoms in total. The standard InChI is InChI=1S/C17H17Cl3/c1-3-11-5-6-12(4-2)16(7-11)17(20)13-8-14(18)10-15(19)9-13/h5-10,17H,3-4H2,1-2H3. The monoisotopic (exact) mass is 326 g/mol. The summed E-state index contributed by atoms with van der Waals surface area (Å²) in [6.07, 6.45) is 1.95. The molecular formula is C17H17Cl3. The van der Waals surface area contributed by atoms with E-state index in [1.807, 2.05) is 12.1 Å². The average molecular weight is 328 g/mol. The maximum Gasteiger partial charge on any atom is 0.0839 e. The van der Waals surface area contributed by atoms with Gasteiger partial charge in [0.15, 0.2) is 0 Å². The first-order chi connectivity index (χ1) is 9.55. The Bertz CT molecular complexity index is 585.